The van der Waals surface area contributed by atoms with Crippen molar-refractivity contribution in [1.82, 2.24) is 9.88 Å². The van der Waals surface area contributed by atoms with E-state index in [1.54, 1.807) is 42.5 Å². The number of nitrogens with zero attached hydrogens (tertiary/aromatic N) is 3. The van der Waals surface area contributed by atoms with E-state index >= 15 is 0 Å². The van der Waals surface area contributed by atoms with Crippen molar-refractivity contribution in [2.45, 2.75) is 38.0 Å². The zero-order valence-electron chi connectivity index (χ0n) is 21.6. The number of hydrogen-bond donors (Lipinski definition) is 2. The van der Waals surface area contributed by atoms with Crippen LogP contribution in [0.5, 0.6) is 0 Å². The highest BCUT2D eigenvalue weighted by molar-refractivity contribution is 7.92. The number of fused-ring (bicyclic) bond motifs is 1. The number of anilines is 2. The zero-order chi connectivity index (χ0) is 25.2. The molecule has 2 aromatic carbocycles. The molecule has 1 aliphatic rings. The molecule has 3 aromatic rings. The van der Waals surface area contributed by atoms with E-state index < -0.39 is 16.0 Å². The van der Waals surface area contributed by atoms with Gasteiger partial charge in [-0.15, -0.1) is 37.2 Å². The minimum absolute atomic E-state index is 0. The Morgan fingerprint density at radius 1 is 1.00 bits per heavy atom. The molecule has 0 aliphatic carbocycles. The monoisotopic (exact) mass is 604 g/mol. The fourth-order valence-corrected chi connectivity index (χ4v) is 5.43. The molecule has 0 bridgehead atoms. The van der Waals surface area contributed by atoms with E-state index in [-0.39, 0.29) is 53.4 Å². The Labute approximate surface area is 243 Å². The van der Waals surface area contributed by atoms with Crippen LogP contribution in [0.4, 0.5) is 11.5 Å². The highest BCUT2D eigenvalue weighted by atomic mass is 35.5. The van der Waals surface area contributed by atoms with Crippen LogP contribution in [0.25, 0.3) is 10.9 Å². The first kappa shape index (κ1) is 33.7. The van der Waals surface area contributed by atoms with Crippen LogP contribution in [0, 0.1) is 0 Å². The molecule has 12 heteroatoms. The van der Waals surface area contributed by atoms with E-state index in [1.165, 1.54) is 6.07 Å². The Kier molecular flexibility index (Phi) is 12.6. The first-order chi connectivity index (χ1) is 16.7. The molecule has 0 unspecified atom stereocenters. The molecule has 0 atom stereocenters. The largest absolute Gasteiger partial charge is 0.478 e. The second-order valence-electron chi connectivity index (χ2n) is 9.22. The summed E-state index contributed by atoms with van der Waals surface area (Å²) < 4.78 is 28.4. The lowest BCUT2D eigenvalue weighted by Crippen LogP contribution is -2.46. The highest BCUT2D eigenvalue weighted by Crippen LogP contribution is 2.28. The van der Waals surface area contributed by atoms with Gasteiger partial charge in [-0.3, -0.25) is 9.62 Å². The first-order valence-corrected chi connectivity index (χ1v) is 13.4. The van der Waals surface area contributed by atoms with Crippen LogP contribution in [0.1, 0.15) is 49.0 Å². The molecule has 1 aliphatic heterocycles. The molecular formula is C26H35Cl3N4O4S. The quantitative estimate of drug-likeness (QED) is 0.342. The molecule has 1 saturated heterocycles. The standard InChI is InChI=1S/C26H32N4O4S.3ClH/c1-4-11-29-12-14-30(15-13-29)25-17-23(26(31)32)22-16-20(7-10-24(22)27-25)28-35(33,34)21-8-5-19(6-9-21)18(2)3;;;/h5-10,16-18,28H,4,11-15H2,1-3H3,(H,31,32);3*1H. The van der Waals surface area contributed by atoms with Gasteiger partial charge in [-0.1, -0.05) is 32.9 Å². The van der Waals surface area contributed by atoms with Crippen molar-refractivity contribution >= 4 is 75.6 Å². The lowest BCUT2D eigenvalue weighted by atomic mass is 10.0. The molecular weight excluding hydrogens is 571 g/mol. The van der Waals surface area contributed by atoms with Gasteiger partial charge in [0, 0.05) is 37.3 Å². The number of halogens is 3. The van der Waals surface area contributed by atoms with Gasteiger partial charge in [0.1, 0.15) is 5.82 Å². The fourth-order valence-electron chi connectivity index (χ4n) is 4.38. The Hall–Kier alpha value is -2.30. The minimum atomic E-state index is -3.82. The van der Waals surface area contributed by atoms with Gasteiger partial charge in [-0.25, -0.2) is 18.2 Å². The average molecular weight is 606 g/mol. The molecule has 0 spiro atoms. The molecule has 1 aromatic heterocycles. The Morgan fingerprint density at radius 2 is 1.63 bits per heavy atom. The third-order valence-corrected chi connectivity index (χ3v) is 7.77. The van der Waals surface area contributed by atoms with Crippen molar-refractivity contribution in [3.63, 3.8) is 0 Å². The number of carbonyl (C=O) groups is 1. The summed E-state index contributed by atoms with van der Waals surface area (Å²) in [5, 5.41) is 10.3. The maximum atomic E-state index is 12.9. The molecule has 38 heavy (non-hydrogen) atoms. The lowest BCUT2D eigenvalue weighted by molar-refractivity contribution is 0.0699. The van der Waals surface area contributed by atoms with Gasteiger partial charge in [-0.2, -0.15) is 0 Å². The normalized spacial score (nSPS) is 13.8. The molecule has 1 fully saturated rings. The van der Waals surface area contributed by atoms with E-state index in [0.29, 0.717) is 22.6 Å². The van der Waals surface area contributed by atoms with Gasteiger partial charge in [0.05, 0.1) is 16.0 Å². The molecule has 8 nitrogen and oxygen atoms in total. The van der Waals surface area contributed by atoms with Crippen molar-refractivity contribution in [2.75, 3.05) is 42.3 Å². The van der Waals surface area contributed by atoms with Crippen LogP contribution in [0.2, 0.25) is 0 Å². The van der Waals surface area contributed by atoms with Crippen molar-refractivity contribution in [3.8, 4) is 0 Å². The van der Waals surface area contributed by atoms with Gasteiger partial charge < -0.3 is 10.0 Å². The molecule has 4 rings (SSSR count). The molecule has 0 radical (unpaired) electrons. The van der Waals surface area contributed by atoms with Crippen LogP contribution >= 0.6 is 37.2 Å². The van der Waals surface area contributed by atoms with Crippen molar-refractivity contribution in [3.05, 3.63) is 59.7 Å². The second kappa shape index (κ2) is 14.2. The van der Waals surface area contributed by atoms with E-state index in [1.807, 2.05) is 13.8 Å². The summed E-state index contributed by atoms with van der Waals surface area (Å²) in [6.07, 6.45) is 1.10. The van der Waals surface area contributed by atoms with Crippen LogP contribution in [0.15, 0.2) is 53.4 Å². The number of carboxylic acids is 1. The van der Waals surface area contributed by atoms with Gasteiger partial charge in [0.2, 0.25) is 0 Å². The molecule has 2 N–H and O–H groups in total. The summed E-state index contributed by atoms with van der Waals surface area (Å²) in [4.78, 5) is 21.4. The second-order valence-corrected chi connectivity index (χ2v) is 10.9. The summed E-state index contributed by atoms with van der Waals surface area (Å²) in [7, 11) is -3.82. The number of aromatic nitrogens is 1. The highest BCUT2D eigenvalue weighted by Gasteiger charge is 2.21. The fraction of sp³-hybridized carbons (Fsp3) is 0.385. The van der Waals surface area contributed by atoms with Crippen molar-refractivity contribution < 1.29 is 18.3 Å². The van der Waals surface area contributed by atoms with E-state index in [0.717, 1.165) is 44.7 Å². The van der Waals surface area contributed by atoms with Crippen molar-refractivity contribution in [1.29, 1.82) is 0 Å². The number of sulfonamides is 1. The smallest absolute Gasteiger partial charge is 0.336 e. The van der Waals surface area contributed by atoms with E-state index in [9.17, 15) is 18.3 Å². The van der Waals surface area contributed by atoms with Crippen LogP contribution < -0.4 is 9.62 Å². The predicted molar refractivity (Wildman–Crippen MR) is 161 cm³/mol. The van der Waals surface area contributed by atoms with Crippen LogP contribution in [0.3, 0.4) is 0 Å². The third kappa shape index (κ3) is 7.64. The summed E-state index contributed by atoms with van der Waals surface area (Å²) in [6, 6.07) is 13.2. The lowest BCUT2D eigenvalue weighted by Gasteiger charge is -2.35. The number of benzene rings is 2. The number of hydrogen-bond acceptors (Lipinski definition) is 6. The van der Waals surface area contributed by atoms with Gasteiger partial charge in [0.25, 0.3) is 10.0 Å². The summed E-state index contributed by atoms with van der Waals surface area (Å²) in [5.41, 5.74) is 1.95. The van der Waals surface area contributed by atoms with Crippen LogP contribution in [-0.2, 0) is 10.0 Å². The Balaban J connectivity index is 0.00000241. The number of nitrogens with one attached hydrogen (secondary N) is 1. The van der Waals surface area contributed by atoms with E-state index in [4.69, 9.17) is 4.98 Å². The Bertz CT molecular complexity index is 1330. The zero-order valence-corrected chi connectivity index (χ0v) is 24.9. The molecule has 2 heterocycles. The Morgan fingerprint density at radius 3 is 2.18 bits per heavy atom. The summed E-state index contributed by atoms with van der Waals surface area (Å²) in [6.45, 7) is 10.7. The molecule has 0 amide bonds. The number of pyridine rings is 1. The first-order valence-electron chi connectivity index (χ1n) is 12.0. The molecule has 0 saturated carbocycles. The summed E-state index contributed by atoms with van der Waals surface area (Å²) in [5.74, 6) is -0.149. The predicted octanol–water partition coefficient (Wildman–Crippen LogP) is 5.65. The third-order valence-electron chi connectivity index (χ3n) is 6.37. The van der Waals surface area contributed by atoms with E-state index in [2.05, 4.69) is 21.4 Å². The maximum absolute atomic E-state index is 12.9. The number of aromatic carboxylic acids is 1. The minimum Gasteiger partial charge on any atom is -0.478 e. The maximum Gasteiger partial charge on any atom is 0.336 e. The summed E-state index contributed by atoms with van der Waals surface area (Å²) >= 11 is 0. The van der Waals surface area contributed by atoms with Gasteiger partial charge in [-0.05, 0) is 60.8 Å². The molecule has 210 valence electrons. The topological polar surface area (TPSA) is 103 Å². The SMILES string of the molecule is CCCN1CCN(c2cc(C(=O)O)c3cc(NS(=O)(=O)c4ccc(C(C)C)cc4)ccc3n2)CC1.Cl.Cl.Cl. The van der Waals surface area contributed by atoms with Crippen LogP contribution in [-0.4, -0.2) is 62.1 Å². The average Bonchev–Trinajstić information content (AvgIpc) is 2.84. The van der Waals surface area contributed by atoms with Gasteiger partial charge in [0.15, 0.2) is 0 Å². The van der Waals surface area contributed by atoms with Crippen molar-refractivity contribution in [2.24, 2.45) is 0 Å². The number of rotatable bonds is 8. The number of piperazine rings is 1. The number of carboxylic acid groups (broad SMARTS) is 1. The van der Waals surface area contributed by atoms with Gasteiger partial charge >= 0.3 is 5.97 Å².